The summed E-state index contributed by atoms with van der Waals surface area (Å²) >= 11 is 0.883. The Balaban J connectivity index is 3.77. The number of hydrogen-bond acceptors (Lipinski definition) is 3. The second-order valence-corrected chi connectivity index (χ2v) is 3.71. The maximum absolute atomic E-state index is 8.52. The summed E-state index contributed by atoms with van der Waals surface area (Å²) in [5, 5.41) is 3.36. The van der Waals surface area contributed by atoms with Crippen molar-refractivity contribution in [2.45, 2.75) is 38.6 Å². The van der Waals surface area contributed by atoms with Gasteiger partial charge in [0.25, 0.3) is 0 Å². The summed E-state index contributed by atoms with van der Waals surface area (Å²) < 4.78 is 8.52. The molecule has 0 aromatic heterocycles. The van der Waals surface area contributed by atoms with E-state index in [0.717, 1.165) is 43.6 Å². The van der Waals surface area contributed by atoms with Crippen LogP contribution in [0, 0.1) is 12.3 Å². The van der Waals surface area contributed by atoms with Crippen molar-refractivity contribution in [3.63, 3.8) is 0 Å². The minimum absolute atomic E-state index is 0.139. The normalized spacial score (nSPS) is 11.2. The Morgan fingerprint density at radius 3 is 2.46 bits per heavy atom. The van der Waals surface area contributed by atoms with Crippen LogP contribution in [-0.4, -0.2) is 22.4 Å². The van der Waals surface area contributed by atoms with Crippen molar-refractivity contribution in [1.29, 1.82) is 0 Å². The molecule has 0 radical (unpaired) electrons. The van der Waals surface area contributed by atoms with Crippen LogP contribution in [0.2, 0.25) is 0 Å². The Labute approximate surface area is 85.7 Å². The zero-order chi connectivity index (χ0) is 10.2. The van der Waals surface area contributed by atoms with Gasteiger partial charge in [-0.2, -0.15) is 0 Å². The molecule has 0 aromatic carbocycles. The van der Waals surface area contributed by atoms with Crippen LogP contribution < -0.4 is 5.32 Å². The summed E-state index contributed by atoms with van der Waals surface area (Å²) in [6.45, 7) is 5.06. The SMILES string of the molecule is C#CC(CC)(CC)NCCCSO. The highest BCUT2D eigenvalue weighted by molar-refractivity contribution is 7.93. The quantitative estimate of drug-likeness (QED) is 0.377. The standard InChI is InChI=1S/C10H19NOS/c1-4-10(5-2,6-3)11-8-7-9-13-12/h1,11-12H,5-9H2,2-3H3. The maximum atomic E-state index is 8.52. The Morgan fingerprint density at radius 1 is 1.46 bits per heavy atom. The second kappa shape index (κ2) is 7.25. The summed E-state index contributed by atoms with van der Waals surface area (Å²) in [5.74, 6) is 3.58. The third-order valence-electron chi connectivity index (χ3n) is 2.36. The summed E-state index contributed by atoms with van der Waals surface area (Å²) in [6.07, 6.45) is 8.33. The first kappa shape index (κ1) is 12.8. The van der Waals surface area contributed by atoms with E-state index in [2.05, 4.69) is 25.1 Å². The van der Waals surface area contributed by atoms with Crippen molar-refractivity contribution in [1.82, 2.24) is 5.32 Å². The van der Waals surface area contributed by atoms with Crippen LogP contribution >= 0.6 is 12.0 Å². The Morgan fingerprint density at radius 2 is 2.08 bits per heavy atom. The highest BCUT2D eigenvalue weighted by Gasteiger charge is 2.21. The lowest BCUT2D eigenvalue weighted by molar-refractivity contribution is 0.392. The lowest BCUT2D eigenvalue weighted by Crippen LogP contribution is -2.43. The highest BCUT2D eigenvalue weighted by Crippen LogP contribution is 2.13. The van der Waals surface area contributed by atoms with Crippen LogP contribution in [0.25, 0.3) is 0 Å². The van der Waals surface area contributed by atoms with Crippen LogP contribution in [-0.2, 0) is 0 Å². The molecule has 0 rings (SSSR count). The molecule has 0 saturated carbocycles. The molecule has 0 unspecified atom stereocenters. The van der Waals surface area contributed by atoms with Gasteiger partial charge >= 0.3 is 0 Å². The van der Waals surface area contributed by atoms with Gasteiger partial charge in [-0.3, -0.25) is 0 Å². The molecule has 0 aliphatic rings. The Hall–Kier alpha value is -0.170. The van der Waals surface area contributed by atoms with E-state index in [1.54, 1.807) is 0 Å². The number of terminal acetylenes is 1. The highest BCUT2D eigenvalue weighted by atomic mass is 32.2. The van der Waals surface area contributed by atoms with Crippen molar-refractivity contribution in [2.75, 3.05) is 12.3 Å². The molecular weight excluding hydrogens is 182 g/mol. The van der Waals surface area contributed by atoms with Crippen LogP contribution in [0.5, 0.6) is 0 Å². The molecule has 0 fully saturated rings. The van der Waals surface area contributed by atoms with E-state index in [9.17, 15) is 0 Å². The molecule has 0 amide bonds. The molecule has 0 aliphatic heterocycles. The molecule has 0 heterocycles. The predicted molar refractivity (Wildman–Crippen MR) is 59.9 cm³/mol. The minimum Gasteiger partial charge on any atom is -0.330 e. The zero-order valence-corrected chi connectivity index (χ0v) is 9.28. The average Bonchev–Trinajstić information content (AvgIpc) is 2.20. The monoisotopic (exact) mass is 201 g/mol. The van der Waals surface area contributed by atoms with E-state index < -0.39 is 0 Å². The molecule has 0 spiro atoms. The van der Waals surface area contributed by atoms with Gasteiger partial charge in [-0.15, -0.1) is 6.42 Å². The van der Waals surface area contributed by atoms with E-state index in [0.29, 0.717) is 0 Å². The van der Waals surface area contributed by atoms with E-state index in [-0.39, 0.29) is 5.54 Å². The van der Waals surface area contributed by atoms with Gasteiger partial charge in [0, 0.05) is 5.75 Å². The number of nitrogens with one attached hydrogen (secondary N) is 1. The maximum Gasteiger partial charge on any atom is 0.0792 e. The first-order valence-electron chi connectivity index (χ1n) is 4.73. The fourth-order valence-corrected chi connectivity index (χ4v) is 1.49. The lowest BCUT2D eigenvalue weighted by Gasteiger charge is -2.27. The molecule has 2 nitrogen and oxygen atoms in total. The van der Waals surface area contributed by atoms with Gasteiger partial charge in [-0.25, -0.2) is 0 Å². The summed E-state index contributed by atoms with van der Waals surface area (Å²) in [7, 11) is 0. The molecule has 0 aliphatic carbocycles. The Kier molecular flexibility index (Phi) is 7.16. The van der Waals surface area contributed by atoms with Gasteiger partial charge in [0.05, 0.1) is 5.54 Å². The van der Waals surface area contributed by atoms with Gasteiger partial charge < -0.3 is 9.87 Å². The van der Waals surface area contributed by atoms with Gasteiger partial charge in [-0.05, 0) is 37.8 Å². The fourth-order valence-electron chi connectivity index (χ4n) is 1.22. The van der Waals surface area contributed by atoms with Crippen LogP contribution in [0.1, 0.15) is 33.1 Å². The van der Waals surface area contributed by atoms with E-state index in [1.807, 2.05) is 0 Å². The minimum atomic E-state index is -0.139. The molecule has 13 heavy (non-hydrogen) atoms. The van der Waals surface area contributed by atoms with Gasteiger partial charge in [0.1, 0.15) is 0 Å². The summed E-state index contributed by atoms with van der Waals surface area (Å²) in [4.78, 5) is 0. The van der Waals surface area contributed by atoms with E-state index in [4.69, 9.17) is 11.0 Å². The molecule has 0 saturated heterocycles. The van der Waals surface area contributed by atoms with Crippen molar-refractivity contribution < 1.29 is 4.55 Å². The second-order valence-electron chi connectivity index (χ2n) is 3.05. The molecular formula is C10H19NOS. The molecule has 0 aromatic rings. The zero-order valence-electron chi connectivity index (χ0n) is 8.47. The van der Waals surface area contributed by atoms with Gasteiger partial charge in [-0.1, -0.05) is 19.8 Å². The average molecular weight is 201 g/mol. The summed E-state index contributed by atoms with van der Waals surface area (Å²) in [6, 6.07) is 0. The van der Waals surface area contributed by atoms with E-state index >= 15 is 0 Å². The third-order valence-corrected chi connectivity index (χ3v) is 2.83. The fraction of sp³-hybridized carbons (Fsp3) is 0.800. The van der Waals surface area contributed by atoms with Crippen molar-refractivity contribution in [3.05, 3.63) is 0 Å². The first-order chi connectivity index (χ1) is 6.24. The summed E-state index contributed by atoms with van der Waals surface area (Å²) in [5.41, 5.74) is -0.139. The first-order valence-corrected chi connectivity index (χ1v) is 5.68. The van der Waals surface area contributed by atoms with Gasteiger partial charge in [0.2, 0.25) is 0 Å². The Bertz CT molecular complexity index is 161. The molecule has 0 bridgehead atoms. The van der Waals surface area contributed by atoms with Crippen LogP contribution in [0.15, 0.2) is 0 Å². The molecule has 0 atom stereocenters. The smallest absolute Gasteiger partial charge is 0.0792 e. The third kappa shape index (κ3) is 4.56. The molecule has 2 N–H and O–H groups in total. The van der Waals surface area contributed by atoms with Crippen molar-refractivity contribution >= 4 is 12.0 Å². The topological polar surface area (TPSA) is 32.3 Å². The number of rotatable bonds is 7. The predicted octanol–water partition coefficient (Wildman–Crippen LogP) is 2.36. The number of hydrogen-bond donors (Lipinski definition) is 2. The van der Waals surface area contributed by atoms with Crippen molar-refractivity contribution in [2.24, 2.45) is 0 Å². The largest absolute Gasteiger partial charge is 0.330 e. The van der Waals surface area contributed by atoms with Crippen LogP contribution in [0.4, 0.5) is 0 Å². The van der Waals surface area contributed by atoms with Crippen LogP contribution in [0.3, 0.4) is 0 Å². The van der Waals surface area contributed by atoms with Crippen molar-refractivity contribution in [3.8, 4) is 12.3 Å². The van der Waals surface area contributed by atoms with Gasteiger partial charge in [0.15, 0.2) is 0 Å². The molecule has 3 heteroatoms. The van der Waals surface area contributed by atoms with E-state index in [1.165, 1.54) is 0 Å². The molecule has 76 valence electrons. The lowest BCUT2D eigenvalue weighted by atomic mass is 9.94.